The summed E-state index contributed by atoms with van der Waals surface area (Å²) in [5, 5.41) is 0. The van der Waals surface area contributed by atoms with Crippen molar-refractivity contribution < 1.29 is 33.2 Å². The van der Waals surface area contributed by atoms with Crippen molar-refractivity contribution in [3.8, 4) is 0 Å². The second-order valence-corrected chi connectivity index (χ2v) is 6.06. The van der Waals surface area contributed by atoms with E-state index in [-0.39, 0.29) is 37.1 Å². The van der Waals surface area contributed by atoms with Gasteiger partial charge in [0.2, 0.25) is 8.87 Å². The zero-order valence-electron chi connectivity index (χ0n) is 6.37. The molecule has 4 nitrogen and oxygen atoms in total. The maximum atomic E-state index is 10.8. The van der Waals surface area contributed by atoms with Gasteiger partial charge in [0, 0.05) is 18.8 Å². The Kier molecular flexibility index (Phi) is 15.3. The Morgan fingerprint density at radius 2 is 1.58 bits per heavy atom. The molecular weight excluding hydrogens is 243 g/mol. The smallest absolute Gasteiger partial charge is 0.202 e. The summed E-state index contributed by atoms with van der Waals surface area (Å²) in [5.41, 5.74) is 10.2. The van der Waals surface area contributed by atoms with Crippen LogP contribution in [0.3, 0.4) is 0 Å². The fourth-order valence-electron chi connectivity index (χ4n) is 0.378. The van der Waals surface area contributed by atoms with Gasteiger partial charge < -0.3 is 36.3 Å². The maximum Gasteiger partial charge on any atom is 0.202 e. The molecule has 8 heteroatoms. The zero-order chi connectivity index (χ0) is 8.04. The van der Waals surface area contributed by atoms with Crippen LogP contribution in [0.5, 0.6) is 0 Å². The lowest BCUT2D eigenvalue weighted by Gasteiger charge is -1.98. The zero-order valence-corrected chi connectivity index (χ0v) is 9.52. The lowest BCUT2D eigenvalue weighted by molar-refractivity contribution is -0.00100. The number of hydrogen-bond acceptors (Lipinski definition) is 5. The second-order valence-electron chi connectivity index (χ2n) is 1.66. The monoisotopic (exact) mass is 254 g/mol. The minimum Gasteiger partial charge on any atom is -1.00 e. The van der Waals surface area contributed by atoms with Gasteiger partial charge in [0.15, 0.2) is 0 Å². The summed E-state index contributed by atoms with van der Waals surface area (Å²) >= 11 is 0. The van der Waals surface area contributed by atoms with E-state index >= 15 is 0 Å². The molecule has 0 aromatic rings. The lowest BCUT2D eigenvalue weighted by atomic mass is 10.8. The maximum absolute atomic E-state index is 10.8. The Bertz CT molecular complexity index is 174. The molecule has 4 N–H and O–H groups in total. The molecule has 0 saturated heterocycles. The highest BCUT2D eigenvalue weighted by Gasteiger charge is 2.07. The Morgan fingerprint density at radius 1 is 1.08 bits per heavy atom. The molecular formula is C4H12Cl2N2O2S2-2. The van der Waals surface area contributed by atoms with Crippen LogP contribution in [0.1, 0.15) is 0 Å². The van der Waals surface area contributed by atoms with E-state index in [1.807, 2.05) is 0 Å². The molecule has 0 unspecified atom stereocenters. The van der Waals surface area contributed by atoms with E-state index in [9.17, 15) is 8.42 Å². The average molecular weight is 255 g/mol. The first-order valence-electron chi connectivity index (χ1n) is 2.89. The Hall–Kier alpha value is 0.800. The van der Waals surface area contributed by atoms with Gasteiger partial charge in [0.25, 0.3) is 0 Å². The highest BCUT2D eigenvalue weighted by atomic mass is 35.5. The van der Waals surface area contributed by atoms with E-state index in [0.29, 0.717) is 12.3 Å². The van der Waals surface area contributed by atoms with Crippen LogP contribution in [0, 0.1) is 0 Å². The molecule has 0 aliphatic rings. The highest BCUT2D eigenvalue weighted by Crippen LogP contribution is 2.10. The molecule has 0 atom stereocenters. The predicted octanol–water partition coefficient (Wildman–Crippen LogP) is -7.03. The Morgan fingerprint density at radius 3 is 1.92 bits per heavy atom. The molecule has 0 saturated carbocycles. The van der Waals surface area contributed by atoms with Crippen LogP contribution in [-0.4, -0.2) is 33.0 Å². The number of nitrogens with two attached hydrogens (primary N) is 2. The van der Waals surface area contributed by atoms with Gasteiger partial charge in [-0.05, 0) is 10.8 Å². The number of hydrogen-bond donors (Lipinski definition) is 2. The van der Waals surface area contributed by atoms with E-state index < -0.39 is 8.87 Å². The first-order chi connectivity index (χ1) is 4.62. The van der Waals surface area contributed by atoms with E-state index in [1.165, 1.54) is 0 Å². The van der Waals surface area contributed by atoms with Gasteiger partial charge in [0.05, 0.1) is 5.75 Å². The van der Waals surface area contributed by atoms with Crippen molar-refractivity contribution in [1.82, 2.24) is 0 Å². The van der Waals surface area contributed by atoms with Crippen LogP contribution < -0.4 is 36.3 Å². The largest absolute Gasteiger partial charge is 1.00 e. The molecule has 78 valence electrons. The van der Waals surface area contributed by atoms with Crippen molar-refractivity contribution in [2.45, 2.75) is 0 Å². The summed E-state index contributed by atoms with van der Waals surface area (Å²) in [7, 11) is -2.11. The van der Waals surface area contributed by atoms with Gasteiger partial charge in [-0.25, -0.2) is 8.42 Å². The second kappa shape index (κ2) is 9.88. The molecule has 0 aromatic carbocycles. The topological polar surface area (TPSA) is 86.2 Å². The average Bonchev–Trinajstić information content (AvgIpc) is 1.84. The lowest BCUT2D eigenvalue weighted by Crippen LogP contribution is -3.00. The van der Waals surface area contributed by atoms with Crippen LogP contribution in [-0.2, 0) is 8.87 Å². The molecule has 0 rings (SSSR count). The summed E-state index contributed by atoms with van der Waals surface area (Å²) in [6.07, 6.45) is 0. The standard InChI is InChI=1S/C4H12N2O2S2.2ClH/c5-1-3-9-10(7,8)4-2-6;;/h1-6H2;2*1H/p-2. The summed E-state index contributed by atoms with van der Waals surface area (Å²) in [4.78, 5) is 0. The van der Waals surface area contributed by atoms with Crippen molar-refractivity contribution in [2.24, 2.45) is 11.5 Å². The molecule has 0 radical (unpaired) electrons. The van der Waals surface area contributed by atoms with Gasteiger partial charge in [-0.1, -0.05) is 0 Å². The first-order valence-corrected chi connectivity index (χ1v) is 6.05. The quantitative estimate of drug-likeness (QED) is 0.477. The Balaban J connectivity index is -0.000000405. The van der Waals surface area contributed by atoms with Gasteiger partial charge in [-0.15, -0.1) is 0 Å². The van der Waals surface area contributed by atoms with Crippen molar-refractivity contribution >= 4 is 19.7 Å². The molecule has 0 heterocycles. The molecule has 0 amide bonds. The van der Waals surface area contributed by atoms with E-state index in [2.05, 4.69) is 0 Å². The van der Waals surface area contributed by atoms with E-state index in [4.69, 9.17) is 11.5 Å². The minimum absolute atomic E-state index is 0. The molecule has 0 bridgehead atoms. The first kappa shape index (κ1) is 18.6. The predicted molar refractivity (Wildman–Crippen MR) is 44.4 cm³/mol. The highest BCUT2D eigenvalue weighted by molar-refractivity contribution is 8.72. The van der Waals surface area contributed by atoms with Crippen molar-refractivity contribution in [3.63, 3.8) is 0 Å². The molecule has 0 aliphatic heterocycles. The summed E-state index contributed by atoms with van der Waals surface area (Å²) in [6, 6.07) is 0. The van der Waals surface area contributed by atoms with Gasteiger partial charge >= 0.3 is 0 Å². The van der Waals surface area contributed by atoms with E-state index in [0.717, 1.165) is 10.8 Å². The Labute approximate surface area is 89.0 Å². The third-order valence-corrected chi connectivity index (χ3v) is 4.32. The molecule has 0 aromatic heterocycles. The summed E-state index contributed by atoms with van der Waals surface area (Å²) in [5.74, 6) is 0.486. The molecule has 0 spiro atoms. The van der Waals surface area contributed by atoms with Crippen LogP contribution >= 0.6 is 10.8 Å². The molecule has 0 aliphatic carbocycles. The normalized spacial score (nSPS) is 9.83. The van der Waals surface area contributed by atoms with Gasteiger partial charge in [-0.3, -0.25) is 0 Å². The van der Waals surface area contributed by atoms with Gasteiger partial charge in [-0.2, -0.15) is 0 Å². The van der Waals surface area contributed by atoms with Crippen LogP contribution in [0.25, 0.3) is 0 Å². The minimum atomic E-state index is -2.98. The van der Waals surface area contributed by atoms with Crippen LogP contribution in [0.4, 0.5) is 0 Å². The third kappa shape index (κ3) is 10.8. The number of rotatable bonds is 5. The van der Waals surface area contributed by atoms with Crippen molar-refractivity contribution in [3.05, 3.63) is 0 Å². The van der Waals surface area contributed by atoms with Gasteiger partial charge in [0.1, 0.15) is 0 Å². The van der Waals surface area contributed by atoms with E-state index in [1.54, 1.807) is 0 Å². The molecule has 12 heavy (non-hydrogen) atoms. The SMILES string of the molecule is NCCSS(=O)(=O)CCN.[Cl-].[Cl-]. The summed E-state index contributed by atoms with van der Waals surface area (Å²) in [6.45, 7) is 0.564. The third-order valence-electron chi connectivity index (χ3n) is 0.749. The van der Waals surface area contributed by atoms with Crippen LogP contribution in [0.15, 0.2) is 0 Å². The number of halogens is 2. The molecule has 0 fully saturated rings. The summed E-state index contributed by atoms with van der Waals surface area (Å²) < 4.78 is 21.6. The van der Waals surface area contributed by atoms with Crippen LogP contribution in [0.2, 0.25) is 0 Å². The fraction of sp³-hybridized carbons (Fsp3) is 1.00. The fourth-order valence-corrected chi connectivity index (χ4v) is 2.83. The van der Waals surface area contributed by atoms with Crippen molar-refractivity contribution in [2.75, 3.05) is 24.6 Å². The van der Waals surface area contributed by atoms with Crippen molar-refractivity contribution in [1.29, 1.82) is 0 Å².